The van der Waals surface area contributed by atoms with Gasteiger partial charge in [0.2, 0.25) is 0 Å². The van der Waals surface area contributed by atoms with E-state index in [4.69, 9.17) is 15.0 Å². The minimum Gasteiger partial charge on any atom is -0.353 e. The van der Waals surface area contributed by atoms with E-state index in [9.17, 15) is 0 Å². The predicted molar refractivity (Wildman–Crippen MR) is 196 cm³/mol. The number of aromatic nitrogens is 1. The van der Waals surface area contributed by atoms with Gasteiger partial charge in [0.05, 0.1) is 39.6 Å². The van der Waals surface area contributed by atoms with E-state index in [0.29, 0.717) is 23.7 Å². The van der Waals surface area contributed by atoms with Crippen LogP contribution >= 0.6 is 0 Å². The minimum absolute atomic E-state index is 0.523. The molecule has 5 heterocycles. The van der Waals surface area contributed by atoms with Crippen LogP contribution in [0.3, 0.4) is 0 Å². The first-order chi connectivity index (χ1) is 23.3. The summed E-state index contributed by atoms with van der Waals surface area (Å²) >= 11 is 0. The van der Waals surface area contributed by atoms with Crippen LogP contribution in [0.15, 0.2) is 80.0 Å². The van der Waals surface area contributed by atoms with Crippen molar-refractivity contribution in [2.24, 2.45) is 32.7 Å². The fourth-order valence-corrected chi connectivity index (χ4v) is 10.4. The zero-order valence-electron chi connectivity index (χ0n) is 28.3. The van der Waals surface area contributed by atoms with Gasteiger partial charge in [0, 0.05) is 22.1 Å². The summed E-state index contributed by atoms with van der Waals surface area (Å²) in [6.45, 7) is 0. The van der Waals surface area contributed by atoms with Gasteiger partial charge < -0.3 is 4.98 Å². The molecule has 8 aliphatic rings. The average molecular weight is 625 g/mol. The zero-order valence-corrected chi connectivity index (χ0v) is 28.3. The van der Waals surface area contributed by atoms with Crippen LogP contribution in [0.4, 0.5) is 0 Å². The summed E-state index contributed by atoms with van der Waals surface area (Å²) in [5.74, 6) is 2.20. The summed E-state index contributed by atoms with van der Waals surface area (Å²) in [6, 6.07) is 2.56. The summed E-state index contributed by atoms with van der Waals surface area (Å²) in [4.78, 5) is 20.8. The van der Waals surface area contributed by atoms with Crippen molar-refractivity contribution >= 4 is 28.4 Å². The maximum atomic E-state index is 5.61. The Morgan fingerprint density at radius 1 is 0.404 bits per heavy atom. The first kappa shape index (κ1) is 29.8. The highest BCUT2D eigenvalue weighted by atomic mass is 14.9. The highest BCUT2D eigenvalue weighted by Crippen LogP contribution is 2.41. The Bertz CT molecular complexity index is 1790. The number of nitrogens with zero attached hydrogens (tertiary/aromatic N) is 3. The number of rotatable bonds is 4. The van der Waals surface area contributed by atoms with Gasteiger partial charge in [0.1, 0.15) is 0 Å². The number of allylic oxidation sites excluding steroid dienone is 7. The molecule has 4 aliphatic carbocycles. The van der Waals surface area contributed by atoms with Gasteiger partial charge in [-0.1, -0.05) is 77.0 Å². The molecule has 1 N–H and O–H groups in total. The number of hydrogen-bond acceptors (Lipinski definition) is 3. The van der Waals surface area contributed by atoms with E-state index < -0.39 is 0 Å². The third kappa shape index (κ3) is 5.68. The van der Waals surface area contributed by atoms with Crippen molar-refractivity contribution in [3.05, 3.63) is 81.3 Å². The van der Waals surface area contributed by atoms with Gasteiger partial charge in [0.25, 0.3) is 0 Å². The van der Waals surface area contributed by atoms with Crippen LogP contribution in [-0.2, 0) is 0 Å². The molecule has 0 spiro atoms. The van der Waals surface area contributed by atoms with E-state index in [2.05, 4.69) is 47.5 Å². The van der Waals surface area contributed by atoms with Crippen molar-refractivity contribution in [1.29, 1.82) is 0 Å². The fourth-order valence-electron chi connectivity index (χ4n) is 10.4. The van der Waals surface area contributed by atoms with E-state index in [0.717, 1.165) is 22.8 Å². The van der Waals surface area contributed by atoms with Gasteiger partial charge in [0.15, 0.2) is 0 Å². The van der Waals surface area contributed by atoms with Crippen molar-refractivity contribution in [3.63, 3.8) is 0 Å². The first-order valence-electron chi connectivity index (χ1n) is 19.6. The van der Waals surface area contributed by atoms with Gasteiger partial charge in [-0.15, -0.1) is 0 Å². The second kappa shape index (κ2) is 13.0. The van der Waals surface area contributed by atoms with Crippen molar-refractivity contribution < 1.29 is 0 Å². The molecule has 0 aromatic carbocycles. The normalized spacial score (nSPS) is 26.3. The Balaban J connectivity index is 1.32. The van der Waals surface area contributed by atoms with Crippen LogP contribution < -0.4 is 10.7 Å². The predicted octanol–water partition coefficient (Wildman–Crippen LogP) is 9.62. The summed E-state index contributed by atoms with van der Waals surface area (Å²) in [7, 11) is 0. The molecule has 0 radical (unpaired) electrons. The first-order valence-corrected chi connectivity index (χ1v) is 19.6. The molecular weight excluding hydrogens is 573 g/mol. The number of aliphatic imine (C=N–C) groups is 3. The molecule has 4 saturated carbocycles. The molecule has 47 heavy (non-hydrogen) atoms. The van der Waals surface area contributed by atoms with Crippen LogP contribution in [0, 0.1) is 17.8 Å². The lowest BCUT2D eigenvalue weighted by atomic mass is 9.81. The highest BCUT2D eigenvalue weighted by molar-refractivity contribution is 6.27. The standard InChI is InChI=1S/C43H52N4/c1-5-13-28(14-6-1)32-27-39-42(31-19-11-4-12-20-31)37-24-23-34(45-37)40(29-15-7-2-8-16-29)33-21-22-35(44-33)41(30-17-9-3-10-18-30)36-25-26-38(46-36)43(32)47-39/h21-31,47H,1-20H2. The van der Waals surface area contributed by atoms with Crippen LogP contribution in [0.5, 0.6) is 0 Å². The second-order valence-electron chi connectivity index (χ2n) is 15.7. The maximum absolute atomic E-state index is 5.61. The van der Waals surface area contributed by atoms with Gasteiger partial charge in [-0.3, -0.25) is 0 Å². The molecule has 4 nitrogen and oxygen atoms in total. The summed E-state index contributed by atoms with van der Waals surface area (Å²) < 4.78 is 0. The Morgan fingerprint density at radius 3 is 1.28 bits per heavy atom. The van der Waals surface area contributed by atoms with Gasteiger partial charge in [-0.25, -0.2) is 15.0 Å². The molecule has 4 aliphatic heterocycles. The molecule has 244 valence electrons. The molecular formula is C43H52N4. The van der Waals surface area contributed by atoms with Gasteiger partial charge >= 0.3 is 0 Å². The second-order valence-corrected chi connectivity index (χ2v) is 15.7. The average Bonchev–Trinajstić information content (AvgIpc) is 3.96. The molecule has 4 fully saturated rings. The smallest absolute Gasteiger partial charge is 0.0875 e. The molecule has 0 amide bonds. The SMILES string of the molecule is C1=CC2=C(C3CCCCC3)C3=NC(=c4[nH]c(cc4C4CCCCC4)=C(C4CCCCC4)C4=NC(=C(C5CCCCC5)C1=N2)C=C4)C=C3. The summed E-state index contributed by atoms with van der Waals surface area (Å²) in [5.41, 5.74) is 12.7. The summed E-state index contributed by atoms with van der Waals surface area (Å²) in [6.07, 6.45) is 40.0. The molecule has 4 heteroatoms. The summed E-state index contributed by atoms with van der Waals surface area (Å²) in [5, 5.41) is 2.57. The van der Waals surface area contributed by atoms with E-state index >= 15 is 0 Å². The molecule has 9 rings (SSSR count). The lowest BCUT2D eigenvalue weighted by molar-refractivity contribution is 0.409. The lowest BCUT2D eigenvalue weighted by Crippen LogP contribution is -2.24. The van der Waals surface area contributed by atoms with E-state index in [1.165, 1.54) is 173 Å². The van der Waals surface area contributed by atoms with Crippen molar-refractivity contribution in [3.8, 4) is 0 Å². The van der Waals surface area contributed by atoms with Crippen molar-refractivity contribution in [2.75, 3.05) is 0 Å². The Kier molecular flexibility index (Phi) is 8.24. The number of hydrogen-bond donors (Lipinski definition) is 1. The Hall–Kier alpha value is -3.27. The topological polar surface area (TPSA) is 52.9 Å². The fraction of sp³-hybridized carbons (Fsp3) is 0.558. The Labute approximate surface area is 281 Å². The monoisotopic (exact) mass is 624 g/mol. The van der Waals surface area contributed by atoms with Crippen molar-refractivity contribution in [1.82, 2.24) is 4.98 Å². The van der Waals surface area contributed by atoms with Gasteiger partial charge in [-0.05, 0) is 123 Å². The third-order valence-corrected chi connectivity index (χ3v) is 12.8. The molecule has 1 aromatic rings. The lowest BCUT2D eigenvalue weighted by Gasteiger charge is -2.26. The molecule has 0 saturated heterocycles. The molecule has 8 bridgehead atoms. The van der Waals surface area contributed by atoms with E-state index in [-0.39, 0.29) is 0 Å². The number of aromatic amines is 1. The number of nitrogens with one attached hydrogen (secondary N) is 1. The number of fused-ring (bicyclic) bond motifs is 5. The van der Waals surface area contributed by atoms with E-state index in [1.807, 2.05) is 0 Å². The highest BCUT2D eigenvalue weighted by Gasteiger charge is 2.32. The van der Waals surface area contributed by atoms with Crippen LogP contribution in [0.1, 0.15) is 140 Å². The van der Waals surface area contributed by atoms with E-state index in [1.54, 1.807) is 0 Å². The number of H-pyrrole nitrogens is 1. The van der Waals surface area contributed by atoms with Crippen LogP contribution in [0.25, 0.3) is 11.3 Å². The third-order valence-electron chi connectivity index (χ3n) is 12.8. The largest absolute Gasteiger partial charge is 0.353 e. The van der Waals surface area contributed by atoms with Crippen LogP contribution in [-0.4, -0.2) is 22.1 Å². The maximum Gasteiger partial charge on any atom is 0.0875 e. The minimum atomic E-state index is 0.523. The Morgan fingerprint density at radius 2 is 0.787 bits per heavy atom. The van der Waals surface area contributed by atoms with Crippen LogP contribution in [0.2, 0.25) is 0 Å². The molecule has 1 aromatic heterocycles. The molecule has 0 unspecified atom stereocenters. The van der Waals surface area contributed by atoms with Crippen molar-refractivity contribution in [2.45, 2.75) is 134 Å². The molecule has 0 atom stereocenters. The van der Waals surface area contributed by atoms with Gasteiger partial charge in [-0.2, -0.15) is 0 Å². The zero-order chi connectivity index (χ0) is 31.2. The quantitative estimate of drug-likeness (QED) is 0.347.